The quantitative estimate of drug-likeness (QED) is 0.103. The summed E-state index contributed by atoms with van der Waals surface area (Å²) in [6, 6.07) is 14.0. The number of thioether (sulfide) groups is 1. The number of anilines is 2. The summed E-state index contributed by atoms with van der Waals surface area (Å²) in [6.45, 7) is 6.25. The zero-order valence-corrected chi connectivity index (χ0v) is 26.1. The van der Waals surface area contributed by atoms with E-state index in [2.05, 4.69) is 20.2 Å². The molecule has 7 nitrogen and oxygen atoms in total. The van der Waals surface area contributed by atoms with Crippen LogP contribution in [-0.4, -0.2) is 48.0 Å². The summed E-state index contributed by atoms with van der Waals surface area (Å²) in [7, 11) is 0. The first-order valence-electron chi connectivity index (χ1n) is 15.2. The van der Waals surface area contributed by atoms with Crippen molar-refractivity contribution in [2.45, 2.75) is 63.6 Å². The van der Waals surface area contributed by atoms with Crippen molar-refractivity contribution < 1.29 is 27.4 Å². The normalized spacial score (nSPS) is 16.8. The zero-order valence-electron chi connectivity index (χ0n) is 25.3. The van der Waals surface area contributed by atoms with Gasteiger partial charge in [-0.1, -0.05) is 18.2 Å². The highest BCUT2D eigenvalue weighted by atomic mass is 32.2. The lowest BCUT2D eigenvalue weighted by atomic mass is 9.80. The summed E-state index contributed by atoms with van der Waals surface area (Å²) >= 11 is 1.69. The van der Waals surface area contributed by atoms with Gasteiger partial charge in [-0.3, -0.25) is 4.79 Å². The van der Waals surface area contributed by atoms with E-state index in [1.165, 1.54) is 11.0 Å². The Labute approximate surface area is 262 Å². The molecule has 4 rings (SSSR count). The number of hydrogen-bond acceptors (Lipinski definition) is 8. The van der Waals surface area contributed by atoms with Crippen LogP contribution in [0.3, 0.4) is 0 Å². The summed E-state index contributed by atoms with van der Waals surface area (Å²) in [4.78, 5) is 23.8. The monoisotopic (exact) mass is 630 g/mol. The van der Waals surface area contributed by atoms with Gasteiger partial charge in [-0.2, -0.15) is 13.2 Å². The fourth-order valence-corrected chi connectivity index (χ4v) is 6.24. The standard InChI is InChI=1S/C33H41F3N4O3S/c1-3-40(23-25-12-10-24(11-13-25)18-31(41)42-4-2)30-15-14-27(33(34,35)36)19-26(30)20-37-32-38-21-28(22-39-32)43-16-17-44-29-8-6-5-7-9-29/h5-9,14-15,19,21-22,24-25H,3-4,10-13,16-18,20,23H2,1-2H3,(H,37,38,39)/t24-,25-. The van der Waals surface area contributed by atoms with Gasteiger partial charge in [0.2, 0.25) is 5.95 Å². The third-order valence-electron chi connectivity index (χ3n) is 7.76. The Morgan fingerprint density at radius 3 is 2.39 bits per heavy atom. The van der Waals surface area contributed by atoms with Crippen LogP contribution < -0.4 is 15.0 Å². The lowest BCUT2D eigenvalue weighted by molar-refractivity contribution is -0.144. The summed E-state index contributed by atoms with van der Waals surface area (Å²) in [5.41, 5.74) is 0.601. The molecule has 1 aliphatic carbocycles. The van der Waals surface area contributed by atoms with Crippen LogP contribution in [0.2, 0.25) is 0 Å². The van der Waals surface area contributed by atoms with Crippen LogP contribution in [0.1, 0.15) is 57.1 Å². The molecule has 238 valence electrons. The zero-order chi connectivity index (χ0) is 31.4. The minimum Gasteiger partial charge on any atom is -0.489 e. The fraction of sp³-hybridized carbons (Fsp3) is 0.485. The predicted octanol–water partition coefficient (Wildman–Crippen LogP) is 7.86. The Kier molecular flexibility index (Phi) is 12.6. The van der Waals surface area contributed by atoms with E-state index in [4.69, 9.17) is 9.47 Å². The van der Waals surface area contributed by atoms with Gasteiger partial charge in [-0.25, -0.2) is 9.97 Å². The molecule has 3 aromatic rings. The highest BCUT2D eigenvalue weighted by Crippen LogP contribution is 2.36. The number of alkyl halides is 3. The smallest absolute Gasteiger partial charge is 0.416 e. The number of benzene rings is 2. The van der Waals surface area contributed by atoms with E-state index in [9.17, 15) is 18.0 Å². The molecule has 44 heavy (non-hydrogen) atoms. The third kappa shape index (κ3) is 10.3. The lowest BCUT2D eigenvalue weighted by Crippen LogP contribution is -2.33. The number of esters is 1. The van der Waals surface area contributed by atoms with Crippen LogP contribution in [0.15, 0.2) is 65.8 Å². The van der Waals surface area contributed by atoms with Crippen molar-refractivity contribution in [1.82, 2.24) is 9.97 Å². The summed E-state index contributed by atoms with van der Waals surface area (Å²) in [6.07, 6.45) is 2.98. The predicted molar refractivity (Wildman–Crippen MR) is 168 cm³/mol. The van der Waals surface area contributed by atoms with Gasteiger partial charge in [0.25, 0.3) is 0 Å². The number of hydrogen-bond donors (Lipinski definition) is 1. The van der Waals surface area contributed by atoms with E-state index in [1.807, 2.05) is 44.2 Å². The van der Waals surface area contributed by atoms with E-state index in [0.29, 0.717) is 55.3 Å². The van der Waals surface area contributed by atoms with Gasteiger partial charge in [0.05, 0.1) is 31.2 Å². The van der Waals surface area contributed by atoms with Crippen molar-refractivity contribution in [3.05, 3.63) is 72.1 Å². The molecule has 1 aliphatic rings. The minimum atomic E-state index is -4.45. The second-order valence-corrected chi connectivity index (χ2v) is 12.1. The van der Waals surface area contributed by atoms with Gasteiger partial charge in [0.15, 0.2) is 5.75 Å². The van der Waals surface area contributed by atoms with Gasteiger partial charge in [0.1, 0.15) is 0 Å². The van der Waals surface area contributed by atoms with Crippen LogP contribution in [0.25, 0.3) is 0 Å². The first-order chi connectivity index (χ1) is 21.2. The molecule has 0 unspecified atom stereocenters. The molecule has 1 heterocycles. The van der Waals surface area contributed by atoms with Crippen molar-refractivity contribution in [1.29, 1.82) is 0 Å². The van der Waals surface area contributed by atoms with Crippen LogP contribution in [0.5, 0.6) is 5.75 Å². The summed E-state index contributed by atoms with van der Waals surface area (Å²) in [5, 5.41) is 3.09. The Morgan fingerprint density at radius 2 is 1.73 bits per heavy atom. The second kappa shape index (κ2) is 16.6. The number of carbonyl (C=O) groups excluding carboxylic acids is 1. The highest BCUT2D eigenvalue weighted by molar-refractivity contribution is 7.99. The molecule has 0 aliphatic heterocycles. The Bertz CT molecular complexity index is 1300. The number of aromatic nitrogens is 2. The van der Waals surface area contributed by atoms with E-state index < -0.39 is 11.7 Å². The Balaban J connectivity index is 1.35. The fourth-order valence-electron chi connectivity index (χ4n) is 5.49. The maximum atomic E-state index is 13.7. The SMILES string of the molecule is CCOC(=O)C[C@H]1CC[C@H](CN(CC)c2ccc(C(F)(F)F)cc2CNc2ncc(OCCSc3ccccc3)cn2)CC1. The molecule has 0 saturated heterocycles. The number of carbonyl (C=O) groups is 1. The largest absolute Gasteiger partial charge is 0.489 e. The van der Waals surface area contributed by atoms with E-state index in [0.717, 1.165) is 49.7 Å². The van der Waals surface area contributed by atoms with Crippen molar-refractivity contribution in [2.24, 2.45) is 11.8 Å². The Hall–Kier alpha value is -3.47. The van der Waals surface area contributed by atoms with Gasteiger partial charge < -0.3 is 19.7 Å². The van der Waals surface area contributed by atoms with E-state index in [1.54, 1.807) is 30.2 Å². The van der Waals surface area contributed by atoms with Crippen LogP contribution in [0.4, 0.5) is 24.8 Å². The number of halogens is 3. The maximum absolute atomic E-state index is 13.7. The first kappa shape index (κ1) is 33.4. The molecular formula is C33H41F3N4O3S. The molecule has 0 spiro atoms. The number of nitrogens with zero attached hydrogens (tertiary/aromatic N) is 3. The van der Waals surface area contributed by atoms with Crippen LogP contribution in [0, 0.1) is 11.8 Å². The van der Waals surface area contributed by atoms with Crippen molar-refractivity contribution in [3.63, 3.8) is 0 Å². The number of ether oxygens (including phenoxy) is 2. The summed E-state index contributed by atoms with van der Waals surface area (Å²) < 4.78 is 51.8. The number of rotatable bonds is 15. The first-order valence-corrected chi connectivity index (χ1v) is 16.2. The highest BCUT2D eigenvalue weighted by Gasteiger charge is 2.32. The second-order valence-electron chi connectivity index (χ2n) is 10.9. The maximum Gasteiger partial charge on any atom is 0.416 e. The molecule has 1 N–H and O–H groups in total. The van der Waals surface area contributed by atoms with Crippen LogP contribution in [-0.2, 0) is 22.3 Å². The molecule has 1 aromatic heterocycles. The molecule has 1 saturated carbocycles. The molecule has 1 fully saturated rings. The molecule has 11 heteroatoms. The van der Waals surface area contributed by atoms with Crippen molar-refractivity contribution >= 4 is 29.4 Å². The van der Waals surface area contributed by atoms with Gasteiger partial charge in [0, 0.05) is 42.4 Å². The topological polar surface area (TPSA) is 76.6 Å². The van der Waals surface area contributed by atoms with E-state index in [-0.39, 0.29) is 12.5 Å². The molecule has 0 radical (unpaired) electrons. The Morgan fingerprint density at radius 1 is 1.02 bits per heavy atom. The molecule has 0 bridgehead atoms. The van der Waals surface area contributed by atoms with Crippen molar-refractivity contribution in [2.75, 3.05) is 42.3 Å². The summed E-state index contributed by atoms with van der Waals surface area (Å²) in [5.74, 6) is 2.19. The van der Waals surface area contributed by atoms with Gasteiger partial charge in [-0.15, -0.1) is 11.8 Å². The third-order valence-corrected chi connectivity index (χ3v) is 8.74. The van der Waals surface area contributed by atoms with Gasteiger partial charge in [-0.05, 0) is 87.3 Å². The average molecular weight is 631 g/mol. The molecule has 0 atom stereocenters. The molecule has 0 amide bonds. The minimum absolute atomic E-state index is 0.135. The van der Waals surface area contributed by atoms with Gasteiger partial charge >= 0.3 is 12.1 Å². The molecular weight excluding hydrogens is 589 g/mol. The van der Waals surface area contributed by atoms with Crippen molar-refractivity contribution in [3.8, 4) is 5.75 Å². The number of nitrogens with one attached hydrogen (secondary N) is 1. The molecule has 2 aromatic carbocycles. The van der Waals surface area contributed by atoms with E-state index >= 15 is 0 Å². The average Bonchev–Trinajstić information content (AvgIpc) is 3.02. The van der Waals surface area contributed by atoms with Crippen LogP contribution >= 0.6 is 11.8 Å². The lowest BCUT2D eigenvalue weighted by Gasteiger charge is -2.34.